The molecule has 0 bridgehead atoms. The fourth-order valence-electron chi connectivity index (χ4n) is 4.44. The minimum atomic E-state index is -4.22. The van der Waals surface area contributed by atoms with Crippen LogP contribution in [0.3, 0.4) is 0 Å². The summed E-state index contributed by atoms with van der Waals surface area (Å²) in [5.74, 6) is -2.63. The summed E-state index contributed by atoms with van der Waals surface area (Å²) in [5, 5.41) is 0. The Morgan fingerprint density at radius 2 is 1.61 bits per heavy atom. The van der Waals surface area contributed by atoms with Crippen molar-refractivity contribution in [2.45, 2.75) is 11.4 Å². The number of carbonyl (C=O) groups excluding carboxylic acids is 2. The van der Waals surface area contributed by atoms with Crippen LogP contribution in [0.4, 0.5) is 15.8 Å². The Bertz CT molecular complexity index is 1330. The number of carbonyl (C=O) groups is 2. The second-order valence-corrected chi connectivity index (χ2v) is 9.62. The van der Waals surface area contributed by atoms with E-state index in [1.165, 1.54) is 23.1 Å². The van der Waals surface area contributed by atoms with Gasteiger partial charge in [0.25, 0.3) is 10.8 Å². The van der Waals surface area contributed by atoms with E-state index in [2.05, 4.69) is 0 Å². The van der Waals surface area contributed by atoms with Crippen LogP contribution in [0, 0.1) is 5.82 Å². The highest BCUT2D eigenvalue weighted by Crippen LogP contribution is 2.52. The van der Waals surface area contributed by atoms with Gasteiger partial charge >= 0.3 is 0 Å². The summed E-state index contributed by atoms with van der Waals surface area (Å²) in [5.41, 5.74) is 1.44. The second kappa shape index (κ2) is 6.75. The van der Waals surface area contributed by atoms with Gasteiger partial charge < -0.3 is 4.90 Å². The average Bonchev–Trinajstić information content (AvgIpc) is 3.12. The zero-order chi connectivity index (χ0) is 21.8. The van der Waals surface area contributed by atoms with E-state index in [9.17, 15) is 22.4 Å². The molecule has 0 radical (unpaired) electrons. The van der Waals surface area contributed by atoms with Crippen LogP contribution in [0.2, 0.25) is 0 Å². The summed E-state index contributed by atoms with van der Waals surface area (Å²) in [6, 6.07) is 20.6. The third-order valence-electron chi connectivity index (χ3n) is 5.67. The molecule has 3 aromatic carbocycles. The number of hydrogen-bond donors (Lipinski definition) is 0. The van der Waals surface area contributed by atoms with Crippen LogP contribution in [-0.2, 0) is 30.8 Å². The molecule has 0 saturated carbocycles. The predicted molar refractivity (Wildman–Crippen MR) is 113 cm³/mol. The quantitative estimate of drug-likeness (QED) is 0.633. The van der Waals surface area contributed by atoms with Crippen LogP contribution in [0.5, 0.6) is 0 Å². The molecule has 0 N–H and O–H groups in total. The standard InChI is InChI=1S/C23H17FN2O4S/c24-17-8-6-7-16(13-17)14-25-20-12-5-4-11-19(20)23(22(25)28)26(18-9-2-1-3-10-18)21(27)15-31(23,29)30/h1-13H,14-15H2/t23-/m0/s1. The van der Waals surface area contributed by atoms with Crippen LogP contribution in [0.25, 0.3) is 0 Å². The number of anilines is 2. The Morgan fingerprint density at radius 3 is 2.35 bits per heavy atom. The van der Waals surface area contributed by atoms with Crippen molar-refractivity contribution < 1.29 is 22.4 Å². The first-order valence-corrected chi connectivity index (χ1v) is 11.3. The summed E-state index contributed by atoms with van der Waals surface area (Å²) in [4.78, 5) is 27.0. The number of hydrogen-bond acceptors (Lipinski definition) is 4. The molecule has 156 valence electrons. The Balaban J connectivity index is 1.74. The maximum absolute atomic E-state index is 13.9. The van der Waals surface area contributed by atoms with Crippen LogP contribution in [-0.4, -0.2) is 26.0 Å². The summed E-state index contributed by atoms with van der Waals surface area (Å²) in [6.07, 6.45) is 0. The van der Waals surface area contributed by atoms with Gasteiger partial charge in [-0.25, -0.2) is 12.8 Å². The largest absolute Gasteiger partial charge is 0.304 e. The molecule has 31 heavy (non-hydrogen) atoms. The number of halogens is 1. The molecule has 1 atom stereocenters. The molecular formula is C23H17FN2O4S. The molecule has 0 unspecified atom stereocenters. The molecule has 6 nitrogen and oxygen atoms in total. The monoisotopic (exact) mass is 436 g/mol. The lowest BCUT2D eigenvalue weighted by Crippen LogP contribution is -2.54. The Kier molecular flexibility index (Phi) is 4.23. The Hall–Kier alpha value is -3.52. The number of benzene rings is 3. The summed E-state index contributed by atoms with van der Waals surface area (Å²) < 4.78 is 40.6. The minimum Gasteiger partial charge on any atom is -0.304 e. The van der Waals surface area contributed by atoms with Crippen LogP contribution < -0.4 is 9.80 Å². The molecule has 2 amide bonds. The first kappa shape index (κ1) is 19.4. The first-order valence-electron chi connectivity index (χ1n) is 9.62. The molecule has 3 aromatic rings. The summed E-state index contributed by atoms with van der Waals surface area (Å²) in [6.45, 7) is -0.0261. The number of amides is 2. The summed E-state index contributed by atoms with van der Waals surface area (Å²) in [7, 11) is -4.22. The maximum Gasteiger partial charge on any atom is 0.274 e. The van der Waals surface area contributed by atoms with Gasteiger partial charge in [-0.15, -0.1) is 0 Å². The van der Waals surface area contributed by atoms with E-state index in [1.54, 1.807) is 60.7 Å². The average molecular weight is 436 g/mol. The zero-order valence-corrected chi connectivity index (χ0v) is 17.0. The van der Waals surface area contributed by atoms with Crippen molar-refractivity contribution >= 4 is 33.0 Å². The number of fused-ring (bicyclic) bond motifs is 2. The molecule has 1 saturated heterocycles. The van der Waals surface area contributed by atoms with E-state index in [4.69, 9.17) is 0 Å². The predicted octanol–water partition coefficient (Wildman–Crippen LogP) is 2.99. The summed E-state index contributed by atoms with van der Waals surface area (Å²) >= 11 is 0. The molecule has 2 aliphatic rings. The lowest BCUT2D eigenvalue weighted by atomic mass is 10.0. The van der Waals surface area contributed by atoms with E-state index >= 15 is 0 Å². The van der Waals surface area contributed by atoms with E-state index in [1.807, 2.05) is 0 Å². The van der Waals surface area contributed by atoms with Crippen molar-refractivity contribution in [1.29, 1.82) is 0 Å². The normalized spacial score (nSPS) is 21.7. The van der Waals surface area contributed by atoms with Gasteiger partial charge in [0.05, 0.1) is 12.2 Å². The van der Waals surface area contributed by atoms with Gasteiger partial charge in [-0.05, 0) is 35.9 Å². The van der Waals surface area contributed by atoms with Gasteiger partial charge in [0.2, 0.25) is 5.91 Å². The molecule has 2 heterocycles. The topological polar surface area (TPSA) is 74.8 Å². The van der Waals surface area contributed by atoms with Gasteiger partial charge in [-0.3, -0.25) is 14.5 Å². The second-order valence-electron chi connectivity index (χ2n) is 7.51. The van der Waals surface area contributed by atoms with E-state index in [0.717, 1.165) is 4.90 Å². The van der Waals surface area contributed by atoms with Gasteiger partial charge in [-0.2, -0.15) is 0 Å². The highest BCUT2D eigenvalue weighted by atomic mass is 32.2. The lowest BCUT2D eigenvalue weighted by molar-refractivity contribution is -0.123. The third kappa shape index (κ3) is 2.64. The fourth-order valence-corrected chi connectivity index (χ4v) is 6.48. The van der Waals surface area contributed by atoms with E-state index < -0.39 is 38.1 Å². The maximum atomic E-state index is 13.9. The number of para-hydroxylation sites is 2. The van der Waals surface area contributed by atoms with Crippen molar-refractivity contribution in [2.75, 3.05) is 15.6 Å². The first-order chi connectivity index (χ1) is 14.9. The van der Waals surface area contributed by atoms with E-state index in [-0.39, 0.29) is 12.1 Å². The minimum absolute atomic E-state index is 0.0261. The van der Waals surface area contributed by atoms with Gasteiger partial charge in [-0.1, -0.05) is 48.5 Å². The highest BCUT2D eigenvalue weighted by Gasteiger charge is 2.69. The van der Waals surface area contributed by atoms with Crippen LogP contribution in [0.15, 0.2) is 78.9 Å². The lowest BCUT2D eigenvalue weighted by Gasteiger charge is -2.32. The number of rotatable bonds is 3. The van der Waals surface area contributed by atoms with E-state index in [0.29, 0.717) is 16.9 Å². The van der Waals surface area contributed by atoms with Crippen molar-refractivity contribution in [3.05, 3.63) is 95.8 Å². The van der Waals surface area contributed by atoms with Crippen molar-refractivity contribution in [3.8, 4) is 0 Å². The Morgan fingerprint density at radius 1 is 0.903 bits per heavy atom. The molecule has 1 spiro atoms. The SMILES string of the molecule is O=C1CS(=O)(=O)[C@@]2(C(=O)N(Cc3cccc(F)c3)c3ccccc32)N1c1ccccc1. The van der Waals surface area contributed by atoms with Crippen LogP contribution in [0.1, 0.15) is 11.1 Å². The zero-order valence-electron chi connectivity index (χ0n) is 16.2. The fraction of sp³-hybridized carbons (Fsp3) is 0.130. The third-order valence-corrected chi connectivity index (χ3v) is 7.77. The van der Waals surface area contributed by atoms with Crippen molar-refractivity contribution in [3.63, 3.8) is 0 Å². The molecule has 1 fully saturated rings. The van der Waals surface area contributed by atoms with Crippen LogP contribution >= 0.6 is 0 Å². The van der Waals surface area contributed by atoms with Gasteiger partial charge in [0, 0.05) is 11.3 Å². The molecule has 2 aliphatic heterocycles. The number of sulfone groups is 1. The smallest absolute Gasteiger partial charge is 0.274 e. The Labute approximate surface area is 178 Å². The van der Waals surface area contributed by atoms with Gasteiger partial charge in [0.1, 0.15) is 11.6 Å². The number of nitrogens with zero attached hydrogens (tertiary/aromatic N) is 2. The molecule has 0 aliphatic carbocycles. The molecule has 5 rings (SSSR count). The molecular weight excluding hydrogens is 419 g/mol. The highest BCUT2D eigenvalue weighted by molar-refractivity contribution is 7.94. The molecule has 8 heteroatoms. The molecule has 0 aromatic heterocycles. The van der Waals surface area contributed by atoms with Gasteiger partial charge in [0.15, 0.2) is 9.84 Å². The van der Waals surface area contributed by atoms with Crippen molar-refractivity contribution in [1.82, 2.24) is 0 Å². The van der Waals surface area contributed by atoms with Crippen molar-refractivity contribution in [2.24, 2.45) is 0 Å².